The summed E-state index contributed by atoms with van der Waals surface area (Å²) in [6.45, 7) is 1.37. The van der Waals surface area contributed by atoms with Crippen LogP contribution in [0.1, 0.15) is 0 Å². The smallest absolute Gasteiger partial charge is 0.0898 e. The lowest BCUT2D eigenvalue weighted by atomic mass is 10.3. The van der Waals surface area contributed by atoms with E-state index in [0.717, 1.165) is 12.2 Å². The average Bonchev–Trinajstić information content (AvgIpc) is 2.31. The number of ether oxygens (including phenoxy) is 1. The maximum absolute atomic E-state index is 5.06. The fourth-order valence-corrected chi connectivity index (χ4v) is 1.53. The lowest BCUT2D eigenvalue weighted by molar-refractivity contribution is 0.224. The monoisotopic (exact) mass is 202 g/mol. The van der Waals surface area contributed by atoms with E-state index in [4.69, 9.17) is 4.74 Å². The van der Waals surface area contributed by atoms with Crippen LogP contribution in [0, 0.1) is 0 Å². The molecule has 2 rings (SSSR count). The Kier molecular flexibility index (Phi) is 3.15. The maximum Gasteiger partial charge on any atom is 0.0898 e. The van der Waals surface area contributed by atoms with Gasteiger partial charge in [0.2, 0.25) is 0 Å². The summed E-state index contributed by atoms with van der Waals surface area (Å²) >= 11 is 0. The summed E-state index contributed by atoms with van der Waals surface area (Å²) in [5.41, 5.74) is 2.13. The molecule has 1 aliphatic rings. The molecule has 1 aromatic rings. The standard InChI is InChI=1S/C12H14N2O/c1-15-10-11-9-14(8-7-13-11)12-5-3-2-4-6-12/h2-7,9H,8,10H2,1H3. The highest BCUT2D eigenvalue weighted by Gasteiger charge is 2.07. The van der Waals surface area contributed by atoms with E-state index in [1.54, 1.807) is 7.11 Å². The van der Waals surface area contributed by atoms with E-state index in [2.05, 4.69) is 22.0 Å². The minimum absolute atomic E-state index is 0.555. The van der Waals surface area contributed by atoms with Crippen molar-refractivity contribution in [3.8, 4) is 0 Å². The fraction of sp³-hybridized carbons (Fsp3) is 0.250. The predicted octanol–water partition coefficient (Wildman–Crippen LogP) is 2.07. The van der Waals surface area contributed by atoms with Gasteiger partial charge in [-0.15, -0.1) is 0 Å². The van der Waals surface area contributed by atoms with Crippen molar-refractivity contribution in [2.45, 2.75) is 0 Å². The van der Waals surface area contributed by atoms with Crippen LogP contribution in [0.2, 0.25) is 0 Å². The molecule has 3 heteroatoms. The van der Waals surface area contributed by atoms with Crippen molar-refractivity contribution in [3.05, 3.63) is 42.2 Å². The molecule has 0 bridgehead atoms. The highest BCUT2D eigenvalue weighted by molar-refractivity contribution is 5.70. The third kappa shape index (κ3) is 2.44. The van der Waals surface area contributed by atoms with Crippen LogP contribution in [-0.4, -0.2) is 26.5 Å². The van der Waals surface area contributed by atoms with Crippen LogP contribution < -0.4 is 4.90 Å². The number of rotatable bonds is 3. The van der Waals surface area contributed by atoms with Gasteiger partial charge in [-0.2, -0.15) is 0 Å². The third-order valence-electron chi connectivity index (χ3n) is 2.22. The van der Waals surface area contributed by atoms with Crippen LogP contribution >= 0.6 is 0 Å². The summed E-state index contributed by atoms with van der Waals surface area (Å²) in [6.07, 6.45) is 3.93. The van der Waals surface area contributed by atoms with Crippen molar-refractivity contribution in [3.63, 3.8) is 0 Å². The lowest BCUT2D eigenvalue weighted by Crippen LogP contribution is -2.22. The number of anilines is 1. The van der Waals surface area contributed by atoms with Gasteiger partial charge in [0.25, 0.3) is 0 Å². The molecule has 0 radical (unpaired) electrons. The van der Waals surface area contributed by atoms with E-state index in [9.17, 15) is 0 Å². The molecule has 0 unspecified atom stereocenters. The van der Waals surface area contributed by atoms with Crippen molar-refractivity contribution < 1.29 is 4.74 Å². The number of hydrogen-bond acceptors (Lipinski definition) is 3. The van der Waals surface area contributed by atoms with E-state index in [1.807, 2.05) is 30.6 Å². The fourth-order valence-electron chi connectivity index (χ4n) is 1.53. The van der Waals surface area contributed by atoms with Crippen LogP contribution in [0.4, 0.5) is 5.69 Å². The SMILES string of the molecule is COCC1=CN(c2ccccc2)CC=N1. The molecule has 0 fully saturated rings. The van der Waals surface area contributed by atoms with E-state index in [0.29, 0.717) is 6.61 Å². The molecular formula is C12H14N2O. The topological polar surface area (TPSA) is 24.8 Å². The number of methoxy groups -OCH3 is 1. The quantitative estimate of drug-likeness (QED) is 0.749. The number of benzene rings is 1. The molecule has 1 aromatic carbocycles. The van der Waals surface area contributed by atoms with E-state index in [1.165, 1.54) is 5.69 Å². The molecule has 1 heterocycles. The summed E-state index contributed by atoms with van der Waals surface area (Å²) in [6, 6.07) is 10.2. The van der Waals surface area contributed by atoms with Gasteiger partial charge >= 0.3 is 0 Å². The van der Waals surface area contributed by atoms with Gasteiger partial charge in [0.1, 0.15) is 0 Å². The van der Waals surface area contributed by atoms with Gasteiger partial charge in [0.15, 0.2) is 0 Å². The molecule has 0 amide bonds. The van der Waals surface area contributed by atoms with Crippen molar-refractivity contribution in [1.82, 2.24) is 0 Å². The van der Waals surface area contributed by atoms with E-state index in [-0.39, 0.29) is 0 Å². The van der Waals surface area contributed by atoms with E-state index < -0.39 is 0 Å². The Labute approximate surface area is 89.7 Å². The molecule has 0 aliphatic carbocycles. The Bertz CT molecular complexity index is 370. The molecule has 0 aromatic heterocycles. The van der Waals surface area contributed by atoms with Gasteiger partial charge in [-0.3, -0.25) is 4.99 Å². The summed E-state index contributed by atoms with van der Waals surface area (Å²) in [5, 5.41) is 0. The van der Waals surface area contributed by atoms with Crippen LogP contribution in [-0.2, 0) is 4.74 Å². The molecule has 0 saturated heterocycles. The van der Waals surface area contributed by atoms with Crippen molar-refractivity contribution in [1.29, 1.82) is 0 Å². The number of nitrogens with zero attached hydrogens (tertiary/aromatic N) is 2. The second-order valence-corrected chi connectivity index (χ2v) is 3.35. The summed E-state index contributed by atoms with van der Waals surface area (Å²) < 4.78 is 5.06. The van der Waals surface area contributed by atoms with Crippen LogP contribution in [0.15, 0.2) is 47.2 Å². The lowest BCUT2D eigenvalue weighted by Gasteiger charge is -2.22. The van der Waals surface area contributed by atoms with Gasteiger partial charge in [-0.25, -0.2) is 0 Å². The summed E-state index contributed by atoms with van der Waals surface area (Å²) in [7, 11) is 1.68. The largest absolute Gasteiger partial charge is 0.378 e. The highest BCUT2D eigenvalue weighted by Crippen LogP contribution is 2.16. The third-order valence-corrected chi connectivity index (χ3v) is 2.22. The predicted molar refractivity (Wildman–Crippen MR) is 62.2 cm³/mol. The van der Waals surface area contributed by atoms with Crippen LogP contribution in [0.25, 0.3) is 0 Å². The summed E-state index contributed by atoms with van der Waals surface area (Å²) in [4.78, 5) is 6.42. The Balaban J connectivity index is 2.15. The first-order valence-electron chi connectivity index (χ1n) is 4.94. The molecule has 0 N–H and O–H groups in total. The minimum Gasteiger partial charge on any atom is -0.378 e. The molecule has 0 atom stereocenters. The molecule has 15 heavy (non-hydrogen) atoms. The van der Waals surface area contributed by atoms with Crippen molar-refractivity contribution in [2.75, 3.05) is 25.2 Å². The zero-order valence-electron chi connectivity index (χ0n) is 8.76. The van der Waals surface area contributed by atoms with Gasteiger partial charge in [0, 0.05) is 25.2 Å². The first-order valence-corrected chi connectivity index (χ1v) is 4.94. The minimum atomic E-state index is 0.555. The van der Waals surface area contributed by atoms with Crippen LogP contribution in [0.5, 0.6) is 0 Å². The molecule has 3 nitrogen and oxygen atoms in total. The van der Waals surface area contributed by atoms with E-state index >= 15 is 0 Å². The summed E-state index contributed by atoms with van der Waals surface area (Å²) in [5.74, 6) is 0. The highest BCUT2D eigenvalue weighted by atomic mass is 16.5. The second kappa shape index (κ2) is 4.75. The number of hydrogen-bond donors (Lipinski definition) is 0. The van der Waals surface area contributed by atoms with Gasteiger partial charge in [-0.05, 0) is 12.1 Å². The molecule has 0 saturated carbocycles. The Hall–Kier alpha value is -1.61. The molecule has 0 spiro atoms. The maximum atomic E-state index is 5.06. The number of aliphatic imine (C=N–C) groups is 1. The Morgan fingerprint density at radius 3 is 2.87 bits per heavy atom. The Morgan fingerprint density at radius 1 is 1.33 bits per heavy atom. The van der Waals surface area contributed by atoms with Gasteiger partial charge < -0.3 is 9.64 Å². The van der Waals surface area contributed by atoms with Crippen LogP contribution in [0.3, 0.4) is 0 Å². The number of para-hydroxylation sites is 1. The molecule has 78 valence electrons. The first-order chi connectivity index (χ1) is 7.40. The molecular weight excluding hydrogens is 188 g/mol. The van der Waals surface area contributed by atoms with Crippen molar-refractivity contribution >= 4 is 11.9 Å². The Morgan fingerprint density at radius 2 is 2.13 bits per heavy atom. The first kappa shape index (κ1) is 9.93. The zero-order chi connectivity index (χ0) is 10.5. The zero-order valence-corrected chi connectivity index (χ0v) is 8.76. The van der Waals surface area contributed by atoms with Gasteiger partial charge in [-0.1, -0.05) is 18.2 Å². The van der Waals surface area contributed by atoms with Gasteiger partial charge in [0.05, 0.1) is 18.8 Å². The average molecular weight is 202 g/mol. The van der Waals surface area contributed by atoms with Crippen molar-refractivity contribution in [2.24, 2.45) is 4.99 Å². The normalized spacial score (nSPS) is 15.3. The molecule has 1 aliphatic heterocycles. The second-order valence-electron chi connectivity index (χ2n) is 3.35.